The van der Waals surface area contributed by atoms with Gasteiger partial charge in [0, 0.05) is 12.0 Å². The van der Waals surface area contributed by atoms with Crippen molar-refractivity contribution in [1.82, 2.24) is 5.32 Å². The van der Waals surface area contributed by atoms with Crippen LogP contribution in [0.15, 0.2) is 18.2 Å². The van der Waals surface area contributed by atoms with E-state index in [-0.39, 0.29) is 18.6 Å². The highest BCUT2D eigenvalue weighted by molar-refractivity contribution is 5.77. The summed E-state index contributed by atoms with van der Waals surface area (Å²) in [4.78, 5) is 11.1. The summed E-state index contributed by atoms with van der Waals surface area (Å²) in [6, 6.07) is 5.79. The standard InChI is InChI=1S/C16H21NO4/c1-16(5-6-16)10-21-13-7-11(3-4-12(13)19-2)14-8-17-15(18)9-20-14/h3-4,7,14H,5-6,8-10H2,1-2H3,(H,17,18). The minimum absolute atomic E-state index is 0.0714. The fourth-order valence-electron chi connectivity index (χ4n) is 2.32. The van der Waals surface area contributed by atoms with Gasteiger partial charge >= 0.3 is 0 Å². The molecule has 2 aliphatic rings. The Kier molecular flexibility index (Phi) is 3.76. The molecule has 1 heterocycles. The molecule has 3 rings (SSSR count). The summed E-state index contributed by atoms with van der Waals surface area (Å²) >= 11 is 0. The third-order valence-electron chi connectivity index (χ3n) is 4.14. The molecule has 1 amide bonds. The van der Waals surface area contributed by atoms with Crippen molar-refractivity contribution in [1.29, 1.82) is 0 Å². The molecular formula is C16H21NO4. The van der Waals surface area contributed by atoms with E-state index in [0.29, 0.717) is 18.6 Å². The van der Waals surface area contributed by atoms with E-state index in [2.05, 4.69) is 12.2 Å². The smallest absolute Gasteiger partial charge is 0.246 e. The predicted molar refractivity (Wildman–Crippen MR) is 77.5 cm³/mol. The first kappa shape index (κ1) is 14.2. The van der Waals surface area contributed by atoms with Crippen LogP contribution in [0.5, 0.6) is 11.5 Å². The van der Waals surface area contributed by atoms with Gasteiger partial charge in [-0.15, -0.1) is 0 Å². The van der Waals surface area contributed by atoms with E-state index < -0.39 is 0 Å². The minimum atomic E-state index is -0.132. The van der Waals surface area contributed by atoms with Crippen LogP contribution in [0, 0.1) is 5.41 Å². The van der Waals surface area contributed by atoms with Gasteiger partial charge < -0.3 is 19.5 Å². The highest BCUT2D eigenvalue weighted by Gasteiger charge is 2.38. The van der Waals surface area contributed by atoms with E-state index in [1.807, 2.05) is 18.2 Å². The van der Waals surface area contributed by atoms with Gasteiger partial charge in [0.15, 0.2) is 11.5 Å². The van der Waals surface area contributed by atoms with Crippen molar-refractivity contribution < 1.29 is 19.0 Å². The summed E-state index contributed by atoms with van der Waals surface area (Å²) in [7, 11) is 1.64. The monoisotopic (exact) mass is 291 g/mol. The maximum atomic E-state index is 11.1. The lowest BCUT2D eigenvalue weighted by Crippen LogP contribution is -2.38. The fourth-order valence-corrected chi connectivity index (χ4v) is 2.32. The Morgan fingerprint density at radius 3 is 2.81 bits per heavy atom. The second-order valence-corrected chi connectivity index (χ2v) is 6.11. The van der Waals surface area contributed by atoms with Gasteiger partial charge in [0.05, 0.1) is 13.7 Å². The number of nitrogens with one attached hydrogen (secondary N) is 1. The van der Waals surface area contributed by atoms with Gasteiger partial charge in [0.1, 0.15) is 12.7 Å². The number of morpholine rings is 1. The van der Waals surface area contributed by atoms with Crippen LogP contribution in [0.2, 0.25) is 0 Å². The van der Waals surface area contributed by atoms with E-state index >= 15 is 0 Å². The molecular weight excluding hydrogens is 270 g/mol. The van der Waals surface area contributed by atoms with Gasteiger partial charge in [-0.3, -0.25) is 4.79 Å². The molecule has 0 bridgehead atoms. The third-order valence-corrected chi connectivity index (χ3v) is 4.14. The quantitative estimate of drug-likeness (QED) is 0.902. The molecule has 0 aromatic heterocycles. The zero-order valence-corrected chi connectivity index (χ0v) is 12.5. The van der Waals surface area contributed by atoms with Crippen molar-refractivity contribution in [2.45, 2.75) is 25.9 Å². The lowest BCUT2D eigenvalue weighted by molar-refractivity contribution is -0.133. The number of hydrogen-bond acceptors (Lipinski definition) is 4. The summed E-state index contributed by atoms with van der Waals surface area (Å²) in [6.07, 6.45) is 2.30. The summed E-state index contributed by atoms with van der Waals surface area (Å²) in [5.74, 6) is 1.39. The third kappa shape index (κ3) is 3.29. The summed E-state index contributed by atoms with van der Waals surface area (Å²) < 4.78 is 16.8. The Labute approximate surface area is 124 Å². The molecule has 1 saturated carbocycles. The second kappa shape index (κ2) is 5.56. The Balaban J connectivity index is 1.74. The van der Waals surface area contributed by atoms with Gasteiger partial charge in [0.2, 0.25) is 5.91 Å². The van der Waals surface area contributed by atoms with Gasteiger partial charge in [-0.2, -0.15) is 0 Å². The van der Waals surface area contributed by atoms with E-state index in [9.17, 15) is 4.79 Å². The largest absolute Gasteiger partial charge is 0.493 e. The molecule has 0 spiro atoms. The average molecular weight is 291 g/mol. The van der Waals surface area contributed by atoms with Crippen LogP contribution in [0.25, 0.3) is 0 Å². The number of carbonyl (C=O) groups is 1. The molecule has 1 aromatic rings. The molecule has 1 aliphatic heterocycles. The van der Waals surface area contributed by atoms with Gasteiger partial charge in [-0.1, -0.05) is 13.0 Å². The second-order valence-electron chi connectivity index (χ2n) is 6.11. The molecule has 5 heteroatoms. The molecule has 2 fully saturated rings. The molecule has 1 atom stereocenters. The first-order chi connectivity index (χ1) is 10.1. The SMILES string of the molecule is COc1ccc(C2CNC(=O)CO2)cc1OCC1(C)CC1. The number of hydrogen-bond donors (Lipinski definition) is 1. The van der Waals surface area contributed by atoms with Crippen LogP contribution < -0.4 is 14.8 Å². The predicted octanol–water partition coefficient (Wildman–Crippen LogP) is 2.06. The molecule has 0 radical (unpaired) electrons. The maximum Gasteiger partial charge on any atom is 0.246 e. The van der Waals surface area contributed by atoms with E-state index in [1.165, 1.54) is 12.8 Å². The highest BCUT2D eigenvalue weighted by Crippen LogP contribution is 2.45. The highest BCUT2D eigenvalue weighted by atomic mass is 16.5. The van der Waals surface area contributed by atoms with Crippen LogP contribution in [-0.4, -0.2) is 32.8 Å². The number of rotatable bonds is 5. The van der Waals surface area contributed by atoms with Crippen LogP contribution >= 0.6 is 0 Å². The first-order valence-electron chi connectivity index (χ1n) is 7.29. The molecule has 5 nitrogen and oxygen atoms in total. The van der Waals surface area contributed by atoms with Gasteiger partial charge in [0.25, 0.3) is 0 Å². The van der Waals surface area contributed by atoms with Crippen molar-refractivity contribution in [3.05, 3.63) is 23.8 Å². The number of methoxy groups -OCH3 is 1. The van der Waals surface area contributed by atoms with Gasteiger partial charge in [-0.25, -0.2) is 0 Å². The van der Waals surface area contributed by atoms with Crippen molar-refractivity contribution in [2.24, 2.45) is 5.41 Å². The van der Waals surface area contributed by atoms with Crippen LogP contribution in [0.1, 0.15) is 31.4 Å². The van der Waals surface area contributed by atoms with Crippen molar-refractivity contribution >= 4 is 5.91 Å². The number of benzene rings is 1. The lowest BCUT2D eigenvalue weighted by atomic mass is 10.1. The lowest BCUT2D eigenvalue weighted by Gasteiger charge is -2.24. The van der Waals surface area contributed by atoms with Crippen LogP contribution in [-0.2, 0) is 9.53 Å². The van der Waals surface area contributed by atoms with E-state index in [4.69, 9.17) is 14.2 Å². The zero-order valence-electron chi connectivity index (χ0n) is 12.5. The van der Waals surface area contributed by atoms with Crippen LogP contribution in [0.3, 0.4) is 0 Å². The van der Waals surface area contributed by atoms with Crippen molar-refractivity contribution in [3.8, 4) is 11.5 Å². The first-order valence-corrected chi connectivity index (χ1v) is 7.29. The summed E-state index contributed by atoms with van der Waals surface area (Å²) in [5.41, 5.74) is 1.31. The molecule has 114 valence electrons. The molecule has 1 N–H and O–H groups in total. The van der Waals surface area contributed by atoms with Crippen molar-refractivity contribution in [2.75, 3.05) is 26.9 Å². The van der Waals surface area contributed by atoms with E-state index in [1.54, 1.807) is 7.11 Å². The molecule has 1 aliphatic carbocycles. The summed E-state index contributed by atoms with van der Waals surface area (Å²) in [5, 5.41) is 2.81. The van der Waals surface area contributed by atoms with Gasteiger partial charge in [-0.05, 0) is 30.5 Å². The number of amides is 1. The number of carbonyl (C=O) groups excluding carboxylic acids is 1. The topological polar surface area (TPSA) is 56.8 Å². The zero-order chi connectivity index (χ0) is 14.9. The number of ether oxygens (including phenoxy) is 3. The summed E-state index contributed by atoms with van der Waals surface area (Å²) in [6.45, 7) is 3.52. The molecule has 21 heavy (non-hydrogen) atoms. The molecule has 1 unspecified atom stereocenters. The Morgan fingerprint density at radius 2 is 2.19 bits per heavy atom. The van der Waals surface area contributed by atoms with E-state index in [0.717, 1.165) is 17.1 Å². The van der Waals surface area contributed by atoms with Crippen LogP contribution in [0.4, 0.5) is 0 Å². The Bertz CT molecular complexity index is 529. The average Bonchev–Trinajstić information content (AvgIpc) is 3.24. The Morgan fingerprint density at radius 1 is 1.38 bits per heavy atom. The molecule has 1 aromatic carbocycles. The fraction of sp³-hybridized carbons (Fsp3) is 0.562. The Hall–Kier alpha value is -1.75. The van der Waals surface area contributed by atoms with Crippen molar-refractivity contribution in [3.63, 3.8) is 0 Å². The minimum Gasteiger partial charge on any atom is -0.493 e. The molecule has 1 saturated heterocycles. The maximum absolute atomic E-state index is 11.1. The normalized spacial score (nSPS) is 23.3.